The summed E-state index contributed by atoms with van der Waals surface area (Å²) in [4.78, 5) is 19.4. The van der Waals surface area contributed by atoms with Gasteiger partial charge in [0.15, 0.2) is 0 Å². The molecule has 3 rings (SSSR count). The molecule has 134 valence electrons. The van der Waals surface area contributed by atoms with Gasteiger partial charge in [0.2, 0.25) is 5.91 Å². The molecule has 0 unspecified atom stereocenters. The molecule has 0 amide bonds. The zero-order chi connectivity index (χ0) is 18.4. The maximum absolute atomic E-state index is 13.2. The van der Waals surface area contributed by atoms with Gasteiger partial charge in [-0.1, -0.05) is 74.5 Å². The highest BCUT2D eigenvalue weighted by Crippen LogP contribution is 2.20. The van der Waals surface area contributed by atoms with E-state index in [0.717, 1.165) is 13.1 Å². The average molecular weight is 347 g/mol. The molecule has 0 aliphatic rings. The van der Waals surface area contributed by atoms with Crippen LogP contribution in [0.25, 0.3) is 0 Å². The fourth-order valence-corrected chi connectivity index (χ4v) is 3.29. The summed E-state index contributed by atoms with van der Waals surface area (Å²) in [5.41, 5.74) is 2.40. The Morgan fingerprint density at radius 2 is 1.50 bits per heavy atom. The molecule has 0 bridgehead atoms. The summed E-state index contributed by atoms with van der Waals surface area (Å²) >= 11 is 0. The van der Waals surface area contributed by atoms with Crippen LogP contribution in [0, 0.1) is 5.92 Å². The molecule has 3 aromatic rings. The molecule has 1 aromatic heterocycles. The van der Waals surface area contributed by atoms with E-state index in [1.54, 1.807) is 23.3 Å². The monoisotopic (exact) mass is 347 g/mol. The number of hydrogen-bond acceptors (Lipinski definition) is 3. The van der Waals surface area contributed by atoms with E-state index in [1.807, 2.05) is 36.4 Å². The summed E-state index contributed by atoms with van der Waals surface area (Å²) < 4.78 is 1.59. The van der Waals surface area contributed by atoms with E-state index in [1.165, 1.54) is 11.1 Å². The highest BCUT2D eigenvalue weighted by Gasteiger charge is 2.30. The second-order valence-corrected chi connectivity index (χ2v) is 6.87. The smallest absolute Gasteiger partial charge is 0.249 e. The SMILES string of the molecule is CC(C)[C@H](C(=O)n1ccnc1)N(Cc1ccccc1)Cc1ccccc1. The van der Waals surface area contributed by atoms with Crippen molar-refractivity contribution < 1.29 is 4.79 Å². The molecule has 0 aliphatic heterocycles. The van der Waals surface area contributed by atoms with Crippen molar-refractivity contribution in [3.8, 4) is 0 Å². The van der Waals surface area contributed by atoms with Gasteiger partial charge in [0.1, 0.15) is 6.33 Å². The second kappa shape index (κ2) is 8.59. The standard InChI is InChI=1S/C22H25N3O/c1-18(2)21(22(26)24-14-13-23-17-24)25(15-19-9-5-3-6-10-19)16-20-11-7-4-8-12-20/h3-14,17-18,21H,15-16H2,1-2H3/t21-/m1/s1. The van der Waals surface area contributed by atoms with Gasteiger partial charge >= 0.3 is 0 Å². The van der Waals surface area contributed by atoms with Gasteiger partial charge in [-0.05, 0) is 17.0 Å². The molecular formula is C22H25N3O. The molecule has 0 radical (unpaired) electrons. The van der Waals surface area contributed by atoms with Crippen LogP contribution >= 0.6 is 0 Å². The molecule has 1 heterocycles. The van der Waals surface area contributed by atoms with Crippen LogP contribution < -0.4 is 0 Å². The van der Waals surface area contributed by atoms with E-state index in [4.69, 9.17) is 0 Å². The fourth-order valence-electron chi connectivity index (χ4n) is 3.29. The van der Waals surface area contributed by atoms with Gasteiger partial charge in [-0.25, -0.2) is 4.98 Å². The Balaban J connectivity index is 1.91. The van der Waals surface area contributed by atoms with Crippen molar-refractivity contribution in [2.75, 3.05) is 0 Å². The van der Waals surface area contributed by atoms with E-state index in [-0.39, 0.29) is 17.9 Å². The van der Waals surface area contributed by atoms with Gasteiger partial charge in [-0.3, -0.25) is 14.3 Å². The fraction of sp³-hybridized carbons (Fsp3) is 0.273. The zero-order valence-electron chi connectivity index (χ0n) is 15.3. The number of aromatic nitrogens is 2. The molecule has 0 saturated carbocycles. The first-order valence-corrected chi connectivity index (χ1v) is 8.99. The predicted octanol–water partition coefficient (Wildman–Crippen LogP) is 4.25. The Bertz CT molecular complexity index is 756. The topological polar surface area (TPSA) is 38.1 Å². The summed E-state index contributed by atoms with van der Waals surface area (Å²) in [5, 5.41) is 0. The number of carbonyl (C=O) groups is 1. The first kappa shape index (κ1) is 18.1. The van der Waals surface area contributed by atoms with Crippen LogP contribution in [0.5, 0.6) is 0 Å². The molecule has 1 atom stereocenters. The largest absolute Gasteiger partial charge is 0.283 e. The number of hydrogen-bond donors (Lipinski definition) is 0. The summed E-state index contributed by atoms with van der Waals surface area (Å²) in [5.74, 6) is 0.238. The maximum Gasteiger partial charge on any atom is 0.249 e. The van der Waals surface area contributed by atoms with Gasteiger partial charge in [-0.2, -0.15) is 0 Å². The van der Waals surface area contributed by atoms with Crippen molar-refractivity contribution in [2.45, 2.75) is 33.0 Å². The van der Waals surface area contributed by atoms with Crippen LogP contribution in [0.3, 0.4) is 0 Å². The third kappa shape index (κ3) is 4.46. The van der Waals surface area contributed by atoms with Crippen LogP contribution in [0.4, 0.5) is 0 Å². The van der Waals surface area contributed by atoms with Crippen molar-refractivity contribution in [3.63, 3.8) is 0 Å². The third-order valence-corrected chi connectivity index (χ3v) is 4.49. The summed E-state index contributed by atoms with van der Waals surface area (Å²) in [7, 11) is 0. The van der Waals surface area contributed by atoms with E-state index in [2.05, 4.69) is 48.0 Å². The number of rotatable bonds is 7. The quantitative estimate of drug-likeness (QED) is 0.641. The highest BCUT2D eigenvalue weighted by molar-refractivity contribution is 5.84. The predicted molar refractivity (Wildman–Crippen MR) is 104 cm³/mol. The number of carbonyl (C=O) groups excluding carboxylic acids is 1. The van der Waals surface area contributed by atoms with Gasteiger partial charge in [-0.15, -0.1) is 0 Å². The summed E-state index contributed by atoms with van der Waals surface area (Å²) in [6, 6.07) is 20.4. The molecule has 4 heteroatoms. The molecule has 0 aliphatic carbocycles. The van der Waals surface area contributed by atoms with Crippen LogP contribution in [-0.2, 0) is 13.1 Å². The molecule has 0 fully saturated rings. The number of imidazole rings is 1. The Labute approximate surface area is 155 Å². The van der Waals surface area contributed by atoms with Crippen LogP contribution in [0.1, 0.15) is 29.8 Å². The van der Waals surface area contributed by atoms with Crippen molar-refractivity contribution >= 4 is 5.91 Å². The Hall–Kier alpha value is -2.72. The molecule has 0 saturated heterocycles. The maximum atomic E-state index is 13.2. The van der Waals surface area contributed by atoms with Gasteiger partial charge in [0.25, 0.3) is 0 Å². The van der Waals surface area contributed by atoms with Crippen molar-refractivity contribution in [1.29, 1.82) is 0 Å². The molecule has 4 nitrogen and oxygen atoms in total. The Kier molecular flexibility index (Phi) is 5.97. The Morgan fingerprint density at radius 1 is 0.962 bits per heavy atom. The van der Waals surface area contributed by atoms with E-state index >= 15 is 0 Å². The van der Waals surface area contributed by atoms with Crippen molar-refractivity contribution in [1.82, 2.24) is 14.5 Å². The average Bonchev–Trinajstić information content (AvgIpc) is 3.18. The van der Waals surface area contributed by atoms with Crippen molar-refractivity contribution in [3.05, 3.63) is 90.5 Å². The van der Waals surface area contributed by atoms with E-state index < -0.39 is 0 Å². The highest BCUT2D eigenvalue weighted by atomic mass is 16.2. The van der Waals surface area contributed by atoms with E-state index in [0.29, 0.717) is 0 Å². The van der Waals surface area contributed by atoms with Gasteiger partial charge in [0, 0.05) is 25.5 Å². The molecule has 26 heavy (non-hydrogen) atoms. The van der Waals surface area contributed by atoms with Gasteiger partial charge < -0.3 is 0 Å². The lowest BCUT2D eigenvalue weighted by molar-refractivity contribution is 0.0622. The summed E-state index contributed by atoms with van der Waals surface area (Å²) in [6.07, 6.45) is 4.95. The molecule has 2 aromatic carbocycles. The third-order valence-electron chi connectivity index (χ3n) is 4.49. The lowest BCUT2D eigenvalue weighted by Crippen LogP contribution is -2.46. The first-order chi connectivity index (χ1) is 12.6. The lowest BCUT2D eigenvalue weighted by Gasteiger charge is -2.33. The Morgan fingerprint density at radius 3 is 1.92 bits per heavy atom. The molecule has 0 spiro atoms. The number of nitrogens with zero attached hydrogens (tertiary/aromatic N) is 3. The zero-order valence-corrected chi connectivity index (χ0v) is 15.3. The van der Waals surface area contributed by atoms with Crippen LogP contribution in [0.2, 0.25) is 0 Å². The molecule has 0 N–H and O–H groups in total. The normalized spacial score (nSPS) is 12.5. The minimum Gasteiger partial charge on any atom is -0.283 e. The lowest BCUT2D eigenvalue weighted by atomic mass is 9.99. The minimum atomic E-state index is -0.232. The summed E-state index contributed by atoms with van der Waals surface area (Å²) in [6.45, 7) is 5.64. The number of benzene rings is 2. The first-order valence-electron chi connectivity index (χ1n) is 8.99. The second-order valence-electron chi connectivity index (χ2n) is 6.87. The van der Waals surface area contributed by atoms with Crippen molar-refractivity contribution in [2.24, 2.45) is 5.92 Å². The minimum absolute atomic E-state index is 0.0596. The van der Waals surface area contributed by atoms with E-state index in [9.17, 15) is 4.79 Å². The van der Waals surface area contributed by atoms with Crippen LogP contribution in [0.15, 0.2) is 79.4 Å². The van der Waals surface area contributed by atoms with Crippen LogP contribution in [-0.4, -0.2) is 26.4 Å². The molecular weight excluding hydrogens is 322 g/mol. The van der Waals surface area contributed by atoms with Gasteiger partial charge in [0.05, 0.1) is 6.04 Å².